The summed E-state index contributed by atoms with van der Waals surface area (Å²) in [4.78, 5) is 41.7. The van der Waals surface area contributed by atoms with E-state index in [4.69, 9.17) is 0 Å². The fourth-order valence-electron chi connectivity index (χ4n) is 3.65. The van der Waals surface area contributed by atoms with E-state index in [0.717, 1.165) is 21.9 Å². The number of hydrogen-bond donors (Lipinski definition) is 1. The third-order valence-electron chi connectivity index (χ3n) is 5.19. The van der Waals surface area contributed by atoms with E-state index >= 15 is 0 Å². The minimum atomic E-state index is -0.131. The second kappa shape index (κ2) is 7.91. The first-order valence-corrected chi connectivity index (χ1v) is 9.95. The Labute approximate surface area is 178 Å². The number of H-pyrrole nitrogens is 1. The molecule has 5 aromatic rings. The van der Waals surface area contributed by atoms with Gasteiger partial charge in [0.15, 0.2) is 11.6 Å². The van der Waals surface area contributed by atoms with Gasteiger partial charge in [-0.05, 0) is 35.2 Å². The highest BCUT2D eigenvalue weighted by atomic mass is 16.1. The molecule has 2 aromatic carbocycles. The van der Waals surface area contributed by atoms with Gasteiger partial charge in [-0.1, -0.05) is 36.4 Å². The molecule has 0 aliphatic heterocycles. The third-order valence-corrected chi connectivity index (χ3v) is 5.19. The van der Waals surface area contributed by atoms with E-state index in [9.17, 15) is 9.59 Å². The number of aromatic amines is 1. The molecule has 0 atom stereocenters. The van der Waals surface area contributed by atoms with Gasteiger partial charge in [0, 0.05) is 36.0 Å². The summed E-state index contributed by atoms with van der Waals surface area (Å²) in [5, 5.41) is 1.95. The van der Waals surface area contributed by atoms with Gasteiger partial charge in [-0.2, -0.15) is 0 Å². The molecule has 3 aromatic heterocycles. The van der Waals surface area contributed by atoms with E-state index in [1.807, 2.05) is 48.5 Å². The highest BCUT2D eigenvalue weighted by Crippen LogP contribution is 2.20. The minimum absolute atomic E-state index is 0.0424. The molecule has 0 bridgehead atoms. The number of fused-ring (bicyclic) bond motifs is 2. The van der Waals surface area contributed by atoms with Crippen molar-refractivity contribution in [2.24, 2.45) is 0 Å². The number of aromatic nitrogens is 4. The van der Waals surface area contributed by atoms with E-state index in [1.54, 1.807) is 30.7 Å². The number of hydrogen-bond acceptors (Lipinski definition) is 5. The quantitative estimate of drug-likeness (QED) is 0.423. The molecule has 0 saturated carbocycles. The molecule has 3 heterocycles. The minimum Gasteiger partial charge on any atom is -0.342 e. The molecule has 0 spiro atoms. The van der Waals surface area contributed by atoms with Crippen molar-refractivity contribution < 1.29 is 9.59 Å². The van der Waals surface area contributed by atoms with Crippen molar-refractivity contribution in [1.29, 1.82) is 0 Å². The monoisotopic (exact) mass is 406 g/mol. The molecule has 31 heavy (non-hydrogen) atoms. The normalized spacial score (nSPS) is 11.1. The van der Waals surface area contributed by atoms with E-state index < -0.39 is 0 Å². The second-order valence-electron chi connectivity index (χ2n) is 7.36. The van der Waals surface area contributed by atoms with Gasteiger partial charge in [-0.3, -0.25) is 19.6 Å². The van der Waals surface area contributed by atoms with Crippen molar-refractivity contribution in [2.75, 3.05) is 0 Å². The van der Waals surface area contributed by atoms with Crippen LogP contribution in [0.15, 0.2) is 79.3 Å². The number of Topliss-reactive ketones (excluding diaryl/α,β-unsaturated/α-hetero) is 2. The summed E-state index contributed by atoms with van der Waals surface area (Å²) in [5.74, 6) is 0.337. The Morgan fingerprint density at radius 1 is 0.839 bits per heavy atom. The summed E-state index contributed by atoms with van der Waals surface area (Å²) >= 11 is 0. The lowest BCUT2D eigenvalue weighted by Crippen LogP contribution is -2.07. The lowest BCUT2D eigenvalue weighted by atomic mass is 10.0. The fourth-order valence-corrected chi connectivity index (χ4v) is 3.65. The number of benzene rings is 2. The van der Waals surface area contributed by atoms with Crippen molar-refractivity contribution in [1.82, 2.24) is 19.9 Å². The fraction of sp³-hybridized carbons (Fsp3) is 0.0800. The van der Waals surface area contributed by atoms with Gasteiger partial charge in [-0.15, -0.1) is 0 Å². The van der Waals surface area contributed by atoms with Crippen molar-refractivity contribution in [3.05, 3.63) is 102 Å². The molecule has 0 radical (unpaired) electrons. The molecule has 0 aliphatic rings. The Hall–Kier alpha value is -4.19. The zero-order valence-corrected chi connectivity index (χ0v) is 16.6. The number of nitrogens with zero attached hydrogens (tertiary/aromatic N) is 3. The zero-order valence-electron chi connectivity index (χ0n) is 16.6. The number of nitrogens with one attached hydrogen (secondary N) is 1. The van der Waals surface area contributed by atoms with E-state index in [2.05, 4.69) is 19.9 Å². The van der Waals surface area contributed by atoms with Crippen LogP contribution in [0.4, 0.5) is 0 Å². The van der Waals surface area contributed by atoms with Crippen LogP contribution in [0.1, 0.15) is 32.2 Å². The summed E-state index contributed by atoms with van der Waals surface area (Å²) in [5.41, 5.74) is 3.07. The average molecular weight is 406 g/mol. The summed E-state index contributed by atoms with van der Waals surface area (Å²) in [7, 11) is 0. The number of imidazole rings is 1. The molecule has 150 valence electrons. The molecule has 5 rings (SSSR count). The van der Waals surface area contributed by atoms with E-state index in [-0.39, 0.29) is 24.4 Å². The summed E-state index contributed by atoms with van der Waals surface area (Å²) in [6.45, 7) is 0. The van der Waals surface area contributed by atoms with Gasteiger partial charge in [0.1, 0.15) is 11.5 Å². The number of rotatable bonds is 6. The van der Waals surface area contributed by atoms with Crippen LogP contribution < -0.4 is 0 Å². The van der Waals surface area contributed by atoms with Crippen LogP contribution >= 0.6 is 0 Å². The highest BCUT2D eigenvalue weighted by Gasteiger charge is 2.17. The van der Waals surface area contributed by atoms with Gasteiger partial charge in [0.25, 0.3) is 0 Å². The van der Waals surface area contributed by atoms with Crippen molar-refractivity contribution in [3.8, 4) is 0 Å². The summed E-state index contributed by atoms with van der Waals surface area (Å²) in [6, 6.07) is 18.7. The molecule has 6 heteroatoms. The number of ketones is 2. The van der Waals surface area contributed by atoms with Crippen LogP contribution in [-0.4, -0.2) is 31.5 Å². The Balaban J connectivity index is 1.41. The molecule has 0 aliphatic carbocycles. The summed E-state index contributed by atoms with van der Waals surface area (Å²) in [6.07, 6.45) is 5.39. The third kappa shape index (κ3) is 3.83. The standard InChI is InChI=1S/C25H18N4O2/c30-22(11-16-5-4-10-26-14-16)19-8-3-9-20-25(19)29-24(28-20)13-23(31)21-12-17-6-1-2-7-18(17)15-27-21/h1-10,12,14-15H,11,13H2,(H,28,29). The Morgan fingerprint density at radius 2 is 1.71 bits per heavy atom. The largest absolute Gasteiger partial charge is 0.342 e. The average Bonchev–Trinajstić information content (AvgIpc) is 3.21. The first-order chi connectivity index (χ1) is 15.2. The summed E-state index contributed by atoms with van der Waals surface area (Å²) < 4.78 is 0. The first-order valence-electron chi connectivity index (χ1n) is 9.95. The van der Waals surface area contributed by atoms with Crippen molar-refractivity contribution in [2.45, 2.75) is 12.8 Å². The molecular weight excluding hydrogens is 388 g/mol. The molecule has 6 nitrogen and oxygen atoms in total. The molecular formula is C25H18N4O2. The topological polar surface area (TPSA) is 88.6 Å². The number of para-hydroxylation sites is 1. The zero-order chi connectivity index (χ0) is 21.2. The van der Waals surface area contributed by atoms with Gasteiger partial charge >= 0.3 is 0 Å². The molecule has 0 unspecified atom stereocenters. The van der Waals surface area contributed by atoms with Gasteiger partial charge in [-0.25, -0.2) is 4.98 Å². The first kappa shape index (κ1) is 18.8. The van der Waals surface area contributed by atoms with Crippen molar-refractivity contribution in [3.63, 3.8) is 0 Å². The molecule has 0 fully saturated rings. The lowest BCUT2D eigenvalue weighted by molar-refractivity contribution is 0.0982. The number of carbonyl (C=O) groups is 2. The van der Waals surface area contributed by atoms with Gasteiger partial charge in [0.2, 0.25) is 0 Å². The molecule has 1 N–H and O–H groups in total. The maximum Gasteiger partial charge on any atom is 0.188 e. The number of carbonyl (C=O) groups excluding carboxylic acids is 2. The smallest absolute Gasteiger partial charge is 0.188 e. The maximum atomic E-state index is 12.8. The van der Waals surface area contributed by atoms with Crippen LogP contribution in [0.3, 0.4) is 0 Å². The molecule has 0 saturated heterocycles. The van der Waals surface area contributed by atoms with E-state index in [0.29, 0.717) is 22.6 Å². The van der Waals surface area contributed by atoms with E-state index in [1.165, 1.54) is 0 Å². The second-order valence-corrected chi connectivity index (χ2v) is 7.36. The molecule has 0 amide bonds. The van der Waals surface area contributed by atoms with Crippen molar-refractivity contribution >= 4 is 33.4 Å². The Bertz CT molecular complexity index is 1420. The number of pyridine rings is 2. The predicted octanol–water partition coefficient (Wildman–Crippen LogP) is 4.36. The SMILES string of the molecule is O=C(Cc1nc2c(C(=O)Cc3cccnc3)cccc2[nH]1)c1cc2ccccc2cn1. The van der Waals surface area contributed by atoms with Crippen LogP contribution in [0, 0.1) is 0 Å². The Morgan fingerprint density at radius 3 is 2.55 bits per heavy atom. The lowest BCUT2D eigenvalue weighted by Gasteiger charge is -2.02. The van der Waals surface area contributed by atoms with Gasteiger partial charge in [0.05, 0.1) is 17.5 Å². The maximum absolute atomic E-state index is 12.8. The highest BCUT2D eigenvalue weighted by molar-refractivity contribution is 6.07. The van der Waals surface area contributed by atoms with Gasteiger partial charge < -0.3 is 4.98 Å². The predicted molar refractivity (Wildman–Crippen MR) is 118 cm³/mol. The van der Waals surface area contributed by atoms with Crippen LogP contribution in [0.5, 0.6) is 0 Å². The van der Waals surface area contributed by atoms with Crippen LogP contribution in [0.2, 0.25) is 0 Å². The van der Waals surface area contributed by atoms with Crippen LogP contribution in [-0.2, 0) is 12.8 Å². The Kier molecular flexibility index (Phi) is 4.80. The van der Waals surface area contributed by atoms with Crippen LogP contribution in [0.25, 0.3) is 21.8 Å².